The van der Waals surface area contributed by atoms with E-state index in [1.165, 1.54) is 26.5 Å². The summed E-state index contributed by atoms with van der Waals surface area (Å²) in [6.07, 6.45) is 4.60. The first-order chi connectivity index (χ1) is 8.01. The molecule has 4 heteroatoms. The van der Waals surface area contributed by atoms with Crippen molar-refractivity contribution in [3.8, 4) is 0 Å². The fraction of sp³-hybridized carbons (Fsp3) is 0.923. The van der Waals surface area contributed by atoms with Gasteiger partial charge >= 0.3 is 5.97 Å². The van der Waals surface area contributed by atoms with E-state index < -0.39 is 5.54 Å². The molecule has 1 saturated carbocycles. The van der Waals surface area contributed by atoms with E-state index in [9.17, 15) is 4.79 Å². The third-order valence-electron chi connectivity index (χ3n) is 3.67. The van der Waals surface area contributed by atoms with Crippen molar-refractivity contribution in [1.82, 2.24) is 10.2 Å². The summed E-state index contributed by atoms with van der Waals surface area (Å²) in [5.41, 5.74) is -0.546. The van der Waals surface area contributed by atoms with Crippen LogP contribution in [0.4, 0.5) is 0 Å². The van der Waals surface area contributed by atoms with Gasteiger partial charge in [-0.1, -0.05) is 0 Å². The molecule has 0 heterocycles. The number of methoxy groups -OCH3 is 1. The SMILES string of the molecule is CNC(C)(CCCN(C)CC1CC1)C(=O)OC. The average Bonchev–Trinajstić information content (AvgIpc) is 3.11. The Labute approximate surface area is 105 Å². The third kappa shape index (κ3) is 4.64. The zero-order valence-corrected chi connectivity index (χ0v) is 11.6. The van der Waals surface area contributed by atoms with Gasteiger partial charge in [-0.05, 0) is 59.2 Å². The normalized spacial score (nSPS) is 19.1. The van der Waals surface area contributed by atoms with Gasteiger partial charge in [0.05, 0.1) is 7.11 Å². The van der Waals surface area contributed by atoms with Crippen LogP contribution < -0.4 is 5.32 Å². The highest BCUT2D eigenvalue weighted by atomic mass is 16.5. The molecular formula is C13H26N2O2. The molecule has 1 aliphatic rings. The van der Waals surface area contributed by atoms with Crippen LogP contribution in [0.2, 0.25) is 0 Å². The van der Waals surface area contributed by atoms with Crippen molar-refractivity contribution in [3.05, 3.63) is 0 Å². The Bertz CT molecular complexity index is 254. The Balaban J connectivity index is 2.24. The second kappa shape index (κ2) is 6.36. The summed E-state index contributed by atoms with van der Waals surface area (Å²) in [4.78, 5) is 14.0. The van der Waals surface area contributed by atoms with Crippen LogP contribution in [0.5, 0.6) is 0 Å². The summed E-state index contributed by atoms with van der Waals surface area (Å²) in [6, 6.07) is 0. The molecule has 17 heavy (non-hydrogen) atoms. The molecule has 1 aliphatic carbocycles. The molecule has 1 N–H and O–H groups in total. The van der Waals surface area contributed by atoms with E-state index >= 15 is 0 Å². The first-order valence-corrected chi connectivity index (χ1v) is 6.47. The standard InChI is InChI=1S/C13H26N2O2/c1-13(14-2,12(16)17-4)8-5-9-15(3)10-11-6-7-11/h11,14H,5-10H2,1-4H3. The molecule has 0 saturated heterocycles. The van der Waals surface area contributed by atoms with Crippen LogP contribution >= 0.6 is 0 Å². The fourth-order valence-corrected chi connectivity index (χ4v) is 2.09. The fourth-order valence-electron chi connectivity index (χ4n) is 2.09. The Hall–Kier alpha value is -0.610. The monoisotopic (exact) mass is 242 g/mol. The second-order valence-corrected chi connectivity index (χ2v) is 5.38. The molecule has 0 spiro atoms. The van der Waals surface area contributed by atoms with Gasteiger partial charge in [0.15, 0.2) is 0 Å². The molecular weight excluding hydrogens is 216 g/mol. The Morgan fingerprint density at radius 3 is 2.65 bits per heavy atom. The van der Waals surface area contributed by atoms with Crippen molar-refractivity contribution in [3.63, 3.8) is 0 Å². The Kier molecular flexibility index (Phi) is 5.40. The summed E-state index contributed by atoms with van der Waals surface area (Å²) in [7, 11) is 5.41. The van der Waals surface area contributed by atoms with Gasteiger partial charge in [0, 0.05) is 6.54 Å². The first-order valence-electron chi connectivity index (χ1n) is 6.47. The highest BCUT2D eigenvalue weighted by Crippen LogP contribution is 2.29. The number of esters is 1. The van der Waals surface area contributed by atoms with E-state index in [0.29, 0.717) is 0 Å². The Morgan fingerprint density at radius 2 is 2.18 bits per heavy atom. The van der Waals surface area contributed by atoms with Crippen LogP contribution in [-0.2, 0) is 9.53 Å². The molecule has 4 nitrogen and oxygen atoms in total. The predicted octanol–water partition coefficient (Wildman–Crippen LogP) is 1.26. The van der Waals surface area contributed by atoms with Crippen LogP contribution in [0.3, 0.4) is 0 Å². The molecule has 100 valence electrons. The minimum Gasteiger partial charge on any atom is -0.468 e. The summed E-state index contributed by atoms with van der Waals surface area (Å²) < 4.78 is 4.82. The van der Waals surface area contributed by atoms with Gasteiger partial charge in [-0.15, -0.1) is 0 Å². The smallest absolute Gasteiger partial charge is 0.325 e. The molecule has 0 amide bonds. The lowest BCUT2D eigenvalue weighted by atomic mass is 9.96. The van der Waals surface area contributed by atoms with Crippen molar-refractivity contribution in [2.75, 3.05) is 34.3 Å². The molecule has 1 rings (SSSR count). The number of rotatable bonds is 8. The molecule has 0 aromatic carbocycles. The van der Waals surface area contributed by atoms with Gasteiger partial charge in [0.2, 0.25) is 0 Å². The third-order valence-corrected chi connectivity index (χ3v) is 3.67. The number of hydrogen-bond acceptors (Lipinski definition) is 4. The largest absolute Gasteiger partial charge is 0.468 e. The topological polar surface area (TPSA) is 41.6 Å². The number of hydrogen-bond donors (Lipinski definition) is 1. The highest BCUT2D eigenvalue weighted by Gasteiger charge is 2.32. The minimum absolute atomic E-state index is 0.176. The lowest BCUT2D eigenvalue weighted by molar-refractivity contribution is -0.148. The maximum absolute atomic E-state index is 11.6. The number of carbonyl (C=O) groups excluding carboxylic acids is 1. The van der Waals surface area contributed by atoms with Crippen LogP contribution in [0.25, 0.3) is 0 Å². The molecule has 1 fully saturated rings. The van der Waals surface area contributed by atoms with E-state index in [1.807, 2.05) is 14.0 Å². The average molecular weight is 242 g/mol. The van der Waals surface area contributed by atoms with Crippen molar-refractivity contribution in [2.24, 2.45) is 5.92 Å². The molecule has 0 bridgehead atoms. The lowest BCUT2D eigenvalue weighted by Crippen LogP contribution is -2.48. The molecule has 0 aliphatic heterocycles. The summed E-state index contributed by atoms with van der Waals surface area (Å²) in [5, 5.41) is 3.06. The van der Waals surface area contributed by atoms with Crippen molar-refractivity contribution in [2.45, 2.75) is 38.1 Å². The highest BCUT2D eigenvalue weighted by molar-refractivity contribution is 5.80. The van der Waals surface area contributed by atoms with Gasteiger partial charge in [0.25, 0.3) is 0 Å². The van der Waals surface area contributed by atoms with Gasteiger partial charge in [-0.2, -0.15) is 0 Å². The van der Waals surface area contributed by atoms with Crippen molar-refractivity contribution in [1.29, 1.82) is 0 Å². The number of nitrogens with zero attached hydrogens (tertiary/aromatic N) is 1. The maximum atomic E-state index is 11.6. The summed E-state index contributed by atoms with van der Waals surface area (Å²) >= 11 is 0. The van der Waals surface area contributed by atoms with Gasteiger partial charge < -0.3 is 15.0 Å². The van der Waals surface area contributed by atoms with E-state index in [0.717, 1.165) is 25.3 Å². The quantitative estimate of drug-likeness (QED) is 0.651. The maximum Gasteiger partial charge on any atom is 0.325 e. The van der Waals surface area contributed by atoms with E-state index in [2.05, 4.69) is 17.3 Å². The van der Waals surface area contributed by atoms with Crippen LogP contribution in [0.15, 0.2) is 0 Å². The zero-order valence-electron chi connectivity index (χ0n) is 11.6. The van der Waals surface area contributed by atoms with Crippen LogP contribution in [0, 0.1) is 5.92 Å². The van der Waals surface area contributed by atoms with Gasteiger partial charge in [-0.25, -0.2) is 0 Å². The van der Waals surface area contributed by atoms with Crippen LogP contribution in [-0.4, -0.2) is 50.7 Å². The van der Waals surface area contributed by atoms with E-state index in [1.54, 1.807) is 0 Å². The van der Waals surface area contributed by atoms with Gasteiger partial charge in [-0.3, -0.25) is 4.79 Å². The predicted molar refractivity (Wildman–Crippen MR) is 68.9 cm³/mol. The molecule has 1 atom stereocenters. The summed E-state index contributed by atoms with van der Waals surface area (Å²) in [6.45, 7) is 4.15. The number of nitrogens with one attached hydrogen (secondary N) is 1. The first kappa shape index (κ1) is 14.5. The van der Waals surface area contributed by atoms with Crippen molar-refractivity contribution >= 4 is 5.97 Å². The minimum atomic E-state index is -0.546. The number of ether oxygens (including phenoxy) is 1. The molecule has 1 unspecified atom stereocenters. The number of likely N-dealkylation sites (N-methyl/N-ethyl adjacent to an activating group) is 1. The van der Waals surface area contributed by atoms with Crippen LogP contribution in [0.1, 0.15) is 32.6 Å². The molecule has 0 radical (unpaired) electrons. The molecule has 0 aromatic rings. The van der Waals surface area contributed by atoms with E-state index in [-0.39, 0.29) is 5.97 Å². The van der Waals surface area contributed by atoms with E-state index in [4.69, 9.17) is 4.74 Å². The lowest BCUT2D eigenvalue weighted by Gasteiger charge is -2.27. The summed E-state index contributed by atoms with van der Waals surface area (Å²) in [5.74, 6) is 0.751. The van der Waals surface area contributed by atoms with Crippen molar-refractivity contribution < 1.29 is 9.53 Å². The Morgan fingerprint density at radius 1 is 1.53 bits per heavy atom. The molecule has 0 aromatic heterocycles. The zero-order chi connectivity index (χ0) is 12.9. The second-order valence-electron chi connectivity index (χ2n) is 5.38. The van der Waals surface area contributed by atoms with Gasteiger partial charge in [0.1, 0.15) is 5.54 Å². The number of carbonyl (C=O) groups is 1.